The Morgan fingerprint density at radius 1 is 0.950 bits per heavy atom. The topological polar surface area (TPSA) is 57.2 Å². The molecular formula is C12H7F2KO3S2. The summed E-state index contributed by atoms with van der Waals surface area (Å²) < 4.78 is 58.5. The van der Waals surface area contributed by atoms with Crippen LogP contribution in [-0.4, -0.2) is 13.0 Å². The van der Waals surface area contributed by atoms with E-state index in [9.17, 15) is 21.8 Å². The Kier molecular flexibility index (Phi) is 6.80. The summed E-state index contributed by atoms with van der Waals surface area (Å²) in [5.74, 6) is -1.48. The first-order chi connectivity index (χ1) is 8.86. The molecule has 2 aromatic rings. The van der Waals surface area contributed by atoms with E-state index in [2.05, 4.69) is 0 Å². The fourth-order valence-electron chi connectivity index (χ4n) is 1.38. The molecule has 3 nitrogen and oxygen atoms in total. The van der Waals surface area contributed by atoms with Crippen LogP contribution < -0.4 is 51.4 Å². The molecule has 0 atom stereocenters. The summed E-state index contributed by atoms with van der Waals surface area (Å²) in [5.41, 5.74) is 0. The number of hydrogen-bond donors (Lipinski definition) is 0. The zero-order valence-electron chi connectivity index (χ0n) is 10.3. The summed E-state index contributed by atoms with van der Waals surface area (Å²) in [6.07, 6.45) is 0. The Hall–Kier alpha value is 0.196. The maximum absolute atomic E-state index is 13.2. The molecule has 0 amide bonds. The zero-order valence-corrected chi connectivity index (χ0v) is 15.1. The first kappa shape index (κ1) is 18.2. The summed E-state index contributed by atoms with van der Waals surface area (Å²) in [6, 6.07) is 8.71. The van der Waals surface area contributed by atoms with Crippen LogP contribution in [0.15, 0.2) is 57.2 Å². The van der Waals surface area contributed by atoms with Gasteiger partial charge >= 0.3 is 51.4 Å². The average molecular weight is 340 g/mol. The van der Waals surface area contributed by atoms with Crippen LogP contribution in [0, 0.1) is 11.6 Å². The third-order valence-corrected chi connectivity index (χ3v) is 4.07. The maximum atomic E-state index is 13.2. The van der Waals surface area contributed by atoms with Crippen molar-refractivity contribution in [3.8, 4) is 0 Å². The summed E-state index contributed by atoms with van der Waals surface area (Å²) >= 11 is 1.10. The molecule has 0 aliphatic rings. The van der Waals surface area contributed by atoms with Crippen LogP contribution in [0.4, 0.5) is 8.78 Å². The van der Waals surface area contributed by atoms with Crippen LogP contribution in [0.3, 0.4) is 0 Å². The monoisotopic (exact) mass is 340 g/mol. The van der Waals surface area contributed by atoms with Crippen molar-refractivity contribution in [2.24, 2.45) is 0 Å². The van der Waals surface area contributed by atoms with Gasteiger partial charge < -0.3 is 4.55 Å². The van der Waals surface area contributed by atoms with Gasteiger partial charge in [0.05, 0.1) is 4.90 Å². The van der Waals surface area contributed by atoms with Crippen molar-refractivity contribution in [2.45, 2.75) is 14.7 Å². The smallest absolute Gasteiger partial charge is 0.744 e. The van der Waals surface area contributed by atoms with Crippen molar-refractivity contribution in [2.75, 3.05) is 0 Å². The van der Waals surface area contributed by atoms with Crippen molar-refractivity contribution in [1.29, 1.82) is 0 Å². The second-order valence-electron chi connectivity index (χ2n) is 3.60. The summed E-state index contributed by atoms with van der Waals surface area (Å²) in [5, 5.41) is 0. The molecule has 0 aromatic heterocycles. The van der Waals surface area contributed by atoms with E-state index in [4.69, 9.17) is 0 Å². The summed E-state index contributed by atoms with van der Waals surface area (Å²) in [7, 11) is -4.85. The van der Waals surface area contributed by atoms with Crippen molar-refractivity contribution in [3.63, 3.8) is 0 Å². The van der Waals surface area contributed by atoms with Crippen LogP contribution in [0.1, 0.15) is 0 Å². The molecule has 0 radical (unpaired) electrons. The fourth-order valence-corrected chi connectivity index (χ4v) is 2.89. The SMILES string of the molecule is O=S(=O)([O-])c1cc(Sc2ccc(F)cc2)ccc1F.[K+]. The minimum Gasteiger partial charge on any atom is -0.744 e. The number of rotatable bonds is 3. The Balaban J connectivity index is 0.00000200. The third-order valence-electron chi connectivity index (χ3n) is 2.22. The van der Waals surface area contributed by atoms with Gasteiger partial charge in [-0.2, -0.15) is 0 Å². The number of hydrogen-bond acceptors (Lipinski definition) is 4. The molecule has 0 saturated heterocycles. The Morgan fingerprint density at radius 3 is 2.05 bits per heavy atom. The first-order valence-electron chi connectivity index (χ1n) is 5.05. The van der Waals surface area contributed by atoms with E-state index in [1.165, 1.54) is 30.3 Å². The molecule has 0 fully saturated rings. The molecule has 0 N–H and O–H groups in total. The molecule has 0 aliphatic carbocycles. The van der Waals surface area contributed by atoms with E-state index in [0.717, 1.165) is 23.9 Å². The van der Waals surface area contributed by atoms with Gasteiger partial charge in [0.15, 0.2) is 0 Å². The van der Waals surface area contributed by atoms with Crippen LogP contribution in [-0.2, 0) is 10.1 Å². The quantitative estimate of drug-likeness (QED) is 0.584. The van der Waals surface area contributed by atoms with Gasteiger partial charge in [0.25, 0.3) is 0 Å². The molecule has 0 saturated carbocycles. The van der Waals surface area contributed by atoms with E-state index < -0.39 is 26.6 Å². The minimum atomic E-state index is -4.85. The molecule has 0 aliphatic heterocycles. The molecule has 0 spiro atoms. The molecule has 0 heterocycles. The van der Waals surface area contributed by atoms with Gasteiger partial charge in [-0.25, -0.2) is 17.2 Å². The molecule has 100 valence electrons. The maximum Gasteiger partial charge on any atom is 1.00 e. The van der Waals surface area contributed by atoms with Crippen molar-refractivity contribution >= 4 is 21.9 Å². The first-order valence-corrected chi connectivity index (χ1v) is 7.27. The van der Waals surface area contributed by atoms with Gasteiger partial charge in [0, 0.05) is 9.79 Å². The zero-order chi connectivity index (χ0) is 14.0. The number of benzene rings is 2. The largest absolute Gasteiger partial charge is 1.00 e. The molecule has 2 rings (SSSR count). The van der Waals surface area contributed by atoms with Gasteiger partial charge in [0.2, 0.25) is 0 Å². The van der Waals surface area contributed by atoms with Crippen LogP contribution >= 0.6 is 11.8 Å². The van der Waals surface area contributed by atoms with Crippen LogP contribution in [0.2, 0.25) is 0 Å². The second-order valence-corrected chi connectivity index (χ2v) is 6.10. The number of halogens is 2. The van der Waals surface area contributed by atoms with E-state index in [0.29, 0.717) is 9.79 Å². The van der Waals surface area contributed by atoms with E-state index in [-0.39, 0.29) is 51.4 Å². The minimum absolute atomic E-state index is 0. The molecule has 0 unspecified atom stereocenters. The van der Waals surface area contributed by atoms with Crippen molar-refractivity contribution in [3.05, 3.63) is 54.1 Å². The average Bonchev–Trinajstić information content (AvgIpc) is 2.33. The van der Waals surface area contributed by atoms with Gasteiger partial charge in [-0.1, -0.05) is 11.8 Å². The normalized spacial score (nSPS) is 10.9. The standard InChI is InChI=1S/C12H8F2O3S2.K/c13-8-1-3-9(4-2-8)18-10-5-6-11(14)12(7-10)19(15,16)17;/h1-7H,(H,15,16,17);/q;+1/p-1. The molecular weight excluding hydrogens is 333 g/mol. The van der Waals surface area contributed by atoms with Gasteiger partial charge in [-0.05, 0) is 42.5 Å². The van der Waals surface area contributed by atoms with Crippen molar-refractivity contribution in [1.82, 2.24) is 0 Å². The molecule has 8 heteroatoms. The predicted octanol–water partition coefficient (Wildman–Crippen LogP) is 0.0241. The van der Waals surface area contributed by atoms with Crippen LogP contribution in [0.5, 0.6) is 0 Å². The van der Waals surface area contributed by atoms with E-state index in [1.807, 2.05) is 0 Å². The third kappa shape index (κ3) is 4.88. The predicted molar refractivity (Wildman–Crippen MR) is 64.9 cm³/mol. The Morgan fingerprint density at radius 2 is 1.50 bits per heavy atom. The Labute approximate surface area is 161 Å². The summed E-state index contributed by atoms with van der Waals surface area (Å²) in [6.45, 7) is 0. The fraction of sp³-hybridized carbons (Fsp3) is 0. The van der Waals surface area contributed by atoms with E-state index in [1.54, 1.807) is 0 Å². The van der Waals surface area contributed by atoms with E-state index >= 15 is 0 Å². The second kappa shape index (κ2) is 7.46. The van der Waals surface area contributed by atoms with Gasteiger partial charge in [-0.15, -0.1) is 0 Å². The molecule has 2 aromatic carbocycles. The summed E-state index contributed by atoms with van der Waals surface area (Å²) in [4.78, 5) is 0.129. The van der Waals surface area contributed by atoms with Crippen LogP contribution in [0.25, 0.3) is 0 Å². The molecule has 0 bridgehead atoms. The molecule has 20 heavy (non-hydrogen) atoms. The van der Waals surface area contributed by atoms with Crippen molar-refractivity contribution < 1.29 is 73.1 Å². The van der Waals surface area contributed by atoms with Gasteiger partial charge in [-0.3, -0.25) is 0 Å². The Bertz CT molecular complexity index is 703. The van der Waals surface area contributed by atoms with Gasteiger partial charge in [0.1, 0.15) is 21.8 Å².